The minimum atomic E-state index is -0.480. The number of pyridine rings is 1. The van der Waals surface area contributed by atoms with Crippen LogP contribution in [-0.2, 0) is 4.74 Å². The largest absolute Gasteiger partial charge is 0.497 e. The first-order valence-corrected chi connectivity index (χ1v) is 9.53. The van der Waals surface area contributed by atoms with Gasteiger partial charge in [-0.2, -0.15) is 0 Å². The van der Waals surface area contributed by atoms with E-state index in [-0.39, 0.29) is 6.09 Å². The highest BCUT2D eigenvalue weighted by atomic mass is 16.6. The molecule has 1 aromatic carbocycles. The molecule has 1 aliphatic rings. The number of carbonyl (C=O) groups is 1. The molecule has 3 aromatic rings. The highest BCUT2D eigenvalue weighted by Crippen LogP contribution is 2.33. The second-order valence-corrected chi connectivity index (χ2v) is 8.04. The Hall–Kier alpha value is -2.96. The van der Waals surface area contributed by atoms with Crippen LogP contribution in [-0.4, -0.2) is 59.9 Å². The van der Waals surface area contributed by atoms with Gasteiger partial charge < -0.3 is 24.3 Å². The van der Waals surface area contributed by atoms with Crippen molar-refractivity contribution in [2.75, 3.05) is 38.2 Å². The number of nitrogens with zero attached hydrogens (tertiary/aromatic N) is 3. The minimum Gasteiger partial charge on any atom is -0.497 e. The van der Waals surface area contributed by atoms with E-state index in [1.807, 2.05) is 45.2 Å². The maximum absolute atomic E-state index is 12.3. The van der Waals surface area contributed by atoms with Crippen LogP contribution >= 0.6 is 0 Å². The zero-order chi connectivity index (χ0) is 19.9. The molecule has 7 heteroatoms. The number of carbonyl (C=O) groups excluding carboxylic acids is 1. The lowest BCUT2D eigenvalue weighted by molar-refractivity contribution is 0.0240. The van der Waals surface area contributed by atoms with E-state index in [9.17, 15) is 4.79 Å². The standard InChI is InChI=1S/C21H26N4O3/c1-21(2,3)28-20(26)25-11-9-24(10-12-25)19-15-7-8-22-18(15)16-13-14(27-4)5-6-17(16)23-19/h5-8,13,22H,9-12H2,1-4H3. The van der Waals surface area contributed by atoms with E-state index in [1.165, 1.54) is 0 Å². The zero-order valence-electron chi connectivity index (χ0n) is 16.8. The Labute approximate surface area is 164 Å². The van der Waals surface area contributed by atoms with Crippen molar-refractivity contribution in [1.82, 2.24) is 14.9 Å². The van der Waals surface area contributed by atoms with Crippen LogP contribution in [0.5, 0.6) is 5.75 Å². The van der Waals surface area contributed by atoms with Crippen LogP contribution in [0.3, 0.4) is 0 Å². The number of aromatic nitrogens is 2. The van der Waals surface area contributed by atoms with Crippen LogP contribution in [0.4, 0.5) is 10.6 Å². The molecule has 4 rings (SSSR count). The summed E-state index contributed by atoms with van der Waals surface area (Å²) in [5, 5.41) is 2.11. The van der Waals surface area contributed by atoms with Gasteiger partial charge in [0.2, 0.25) is 0 Å². The first-order valence-electron chi connectivity index (χ1n) is 9.53. The Morgan fingerprint density at radius 3 is 2.54 bits per heavy atom. The number of H-pyrrole nitrogens is 1. The zero-order valence-corrected chi connectivity index (χ0v) is 16.8. The quantitative estimate of drug-likeness (QED) is 0.730. The summed E-state index contributed by atoms with van der Waals surface area (Å²) in [6.07, 6.45) is 1.68. The number of fused-ring (bicyclic) bond motifs is 3. The van der Waals surface area contributed by atoms with Gasteiger partial charge in [0.15, 0.2) is 0 Å². The van der Waals surface area contributed by atoms with Crippen LogP contribution in [0, 0.1) is 0 Å². The number of piperazine rings is 1. The summed E-state index contributed by atoms with van der Waals surface area (Å²) < 4.78 is 10.9. The Balaban J connectivity index is 1.60. The number of ether oxygens (including phenoxy) is 2. The number of methoxy groups -OCH3 is 1. The first kappa shape index (κ1) is 18.4. The van der Waals surface area contributed by atoms with E-state index >= 15 is 0 Å². The van der Waals surface area contributed by atoms with Gasteiger partial charge in [-0.25, -0.2) is 9.78 Å². The lowest BCUT2D eigenvalue weighted by atomic mass is 10.1. The molecule has 0 spiro atoms. The molecule has 0 unspecified atom stereocenters. The summed E-state index contributed by atoms with van der Waals surface area (Å²) in [4.78, 5) is 24.6. The summed E-state index contributed by atoms with van der Waals surface area (Å²) in [7, 11) is 1.67. The fourth-order valence-corrected chi connectivity index (χ4v) is 3.56. The van der Waals surface area contributed by atoms with Crippen LogP contribution in [0.15, 0.2) is 30.5 Å². The maximum Gasteiger partial charge on any atom is 0.410 e. The van der Waals surface area contributed by atoms with Crippen LogP contribution in [0.1, 0.15) is 20.8 Å². The lowest BCUT2D eigenvalue weighted by Crippen LogP contribution is -2.50. The van der Waals surface area contributed by atoms with Gasteiger partial charge in [-0.15, -0.1) is 0 Å². The second kappa shape index (κ2) is 6.89. The summed E-state index contributed by atoms with van der Waals surface area (Å²) >= 11 is 0. The molecule has 0 bridgehead atoms. The van der Waals surface area contributed by atoms with Gasteiger partial charge >= 0.3 is 6.09 Å². The molecule has 1 N–H and O–H groups in total. The Kier molecular flexibility index (Phi) is 4.53. The molecule has 28 heavy (non-hydrogen) atoms. The van der Waals surface area contributed by atoms with E-state index in [2.05, 4.69) is 16.0 Å². The van der Waals surface area contributed by atoms with Crippen molar-refractivity contribution in [3.05, 3.63) is 30.5 Å². The van der Waals surface area contributed by atoms with Gasteiger partial charge in [0.25, 0.3) is 0 Å². The summed E-state index contributed by atoms with van der Waals surface area (Å²) in [6.45, 7) is 8.32. The van der Waals surface area contributed by atoms with E-state index < -0.39 is 5.60 Å². The monoisotopic (exact) mass is 382 g/mol. The molecule has 0 radical (unpaired) electrons. The second-order valence-electron chi connectivity index (χ2n) is 8.04. The SMILES string of the molecule is COc1ccc2nc(N3CCN(C(=O)OC(C)(C)C)CC3)c3cc[nH]c3c2c1. The van der Waals surface area contributed by atoms with E-state index in [4.69, 9.17) is 14.5 Å². The third-order valence-electron chi connectivity index (χ3n) is 4.92. The molecule has 1 aliphatic heterocycles. The minimum absolute atomic E-state index is 0.252. The van der Waals surface area contributed by atoms with Gasteiger partial charge in [0, 0.05) is 43.1 Å². The van der Waals surface area contributed by atoms with Gasteiger partial charge in [-0.05, 0) is 45.0 Å². The Morgan fingerprint density at radius 1 is 1.11 bits per heavy atom. The summed E-state index contributed by atoms with van der Waals surface area (Å²) in [6, 6.07) is 7.96. The van der Waals surface area contributed by atoms with Crippen LogP contribution < -0.4 is 9.64 Å². The molecule has 1 saturated heterocycles. The summed E-state index contributed by atoms with van der Waals surface area (Å²) in [5.41, 5.74) is 1.49. The van der Waals surface area contributed by atoms with Crippen molar-refractivity contribution in [2.24, 2.45) is 0 Å². The van der Waals surface area contributed by atoms with Gasteiger partial charge in [0.1, 0.15) is 17.2 Å². The summed E-state index contributed by atoms with van der Waals surface area (Å²) in [5.74, 6) is 1.75. The average Bonchev–Trinajstić information content (AvgIpc) is 3.16. The third kappa shape index (κ3) is 3.44. The Morgan fingerprint density at radius 2 is 1.86 bits per heavy atom. The molecule has 3 heterocycles. The third-order valence-corrected chi connectivity index (χ3v) is 4.92. The average molecular weight is 382 g/mol. The van der Waals surface area contributed by atoms with E-state index in [0.29, 0.717) is 26.2 Å². The van der Waals surface area contributed by atoms with Crippen molar-refractivity contribution in [3.63, 3.8) is 0 Å². The fourth-order valence-electron chi connectivity index (χ4n) is 3.56. The molecule has 0 saturated carbocycles. The predicted molar refractivity (Wildman–Crippen MR) is 110 cm³/mol. The number of aromatic amines is 1. The van der Waals surface area contributed by atoms with Gasteiger partial charge in [-0.1, -0.05) is 0 Å². The van der Waals surface area contributed by atoms with Gasteiger partial charge in [0.05, 0.1) is 18.1 Å². The topological polar surface area (TPSA) is 70.7 Å². The maximum atomic E-state index is 12.3. The molecular weight excluding hydrogens is 356 g/mol. The van der Waals surface area contributed by atoms with Crippen molar-refractivity contribution in [3.8, 4) is 5.75 Å². The number of rotatable bonds is 2. The normalized spacial score (nSPS) is 15.3. The van der Waals surface area contributed by atoms with Crippen molar-refractivity contribution in [1.29, 1.82) is 0 Å². The number of anilines is 1. The molecule has 1 amide bonds. The number of hydrogen-bond donors (Lipinski definition) is 1. The molecule has 1 fully saturated rings. The predicted octanol–water partition coefficient (Wildman–Crippen LogP) is 3.78. The van der Waals surface area contributed by atoms with Gasteiger partial charge in [-0.3, -0.25) is 0 Å². The molecule has 2 aromatic heterocycles. The van der Waals surface area contributed by atoms with Crippen molar-refractivity contribution >= 4 is 33.7 Å². The number of nitrogens with one attached hydrogen (secondary N) is 1. The fraction of sp³-hybridized carbons (Fsp3) is 0.429. The molecule has 7 nitrogen and oxygen atoms in total. The van der Waals surface area contributed by atoms with Crippen molar-refractivity contribution in [2.45, 2.75) is 26.4 Å². The molecule has 0 atom stereocenters. The van der Waals surface area contributed by atoms with Crippen molar-refractivity contribution < 1.29 is 14.3 Å². The number of benzene rings is 1. The van der Waals surface area contributed by atoms with Crippen LogP contribution in [0.25, 0.3) is 21.8 Å². The lowest BCUT2D eigenvalue weighted by Gasteiger charge is -2.36. The van der Waals surface area contributed by atoms with Crippen LogP contribution in [0.2, 0.25) is 0 Å². The highest BCUT2D eigenvalue weighted by molar-refractivity contribution is 6.08. The first-order chi connectivity index (χ1) is 13.4. The number of amides is 1. The molecular formula is C21H26N4O3. The molecule has 148 valence electrons. The Bertz CT molecular complexity index is 1010. The van der Waals surface area contributed by atoms with E-state index in [1.54, 1.807) is 12.0 Å². The van der Waals surface area contributed by atoms with E-state index in [0.717, 1.165) is 33.4 Å². The number of hydrogen-bond acceptors (Lipinski definition) is 5. The smallest absolute Gasteiger partial charge is 0.410 e. The highest BCUT2D eigenvalue weighted by Gasteiger charge is 2.27. The molecule has 0 aliphatic carbocycles.